The fourth-order valence-electron chi connectivity index (χ4n) is 5.24. The normalized spacial score (nSPS) is 24.9. The molecular weight excluding hydrogens is 448 g/mol. The Bertz CT molecular complexity index is 1200. The molecule has 1 saturated heterocycles. The van der Waals surface area contributed by atoms with Gasteiger partial charge >= 0.3 is 0 Å². The van der Waals surface area contributed by atoms with Crippen molar-refractivity contribution < 1.29 is 14.6 Å². The SMILES string of the molecule is O=C(NC[C@@H]1C[C@H](O)C[C@H](n2cc(Cc3ccc(C4CC4)cc3)c3c(Cl)cccc32)O1)C1CC1. The van der Waals surface area contributed by atoms with E-state index < -0.39 is 6.10 Å². The Labute approximate surface area is 205 Å². The van der Waals surface area contributed by atoms with Crippen molar-refractivity contribution in [2.24, 2.45) is 5.92 Å². The predicted molar refractivity (Wildman–Crippen MR) is 133 cm³/mol. The van der Waals surface area contributed by atoms with Crippen molar-refractivity contribution in [2.45, 2.75) is 69.3 Å². The highest BCUT2D eigenvalue weighted by Crippen LogP contribution is 2.40. The average molecular weight is 479 g/mol. The van der Waals surface area contributed by atoms with E-state index in [1.807, 2.05) is 12.1 Å². The fraction of sp³-hybridized carbons (Fsp3) is 0.464. The number of ether oxygens (including phenoxy) is 1. The number of carbonyl (C=O) groups is 1. The summed E-state index contributed by atoms with van der Waals surface area (Å²) in [4.78, 5) is 12.1. The maximum atomic E-state index is 12.1. The van der Waals surface area contributed by atoms with Gasteiger partial charge in [0.25, 0.3) is 0 Å². The number of amides is 1. The zero-order chi connectivity index (χ0) is 23.2. The Morgan fingerprint density at radius 1 is 1.09 bits per heavy atom. The largest absolute Gasteiger partial charge is 0.393 e. The van der Waals surface area contributed by atoms with Crippen LogP contribution in [-0.4, -0.2) is 34.3 Å². The van der Waals surface area contributed by atoms with Gasteiger partial charge in [-0.2, -0.15) is 0 Å². The van der Waals surface area contributed by atoms with Crippen LogP contribution in [0.1, 0.15) is 67.4 Å². The minimum absolute atomic E-state index is 0.105. The second kappa shape index (κ2) is 9.03. The summed E-state index contributed by atoms with van der Waals surface area (Å²) in [6.45, 7) is 0.434. The molecule has 0 bridgehead atoms. The van der Waals surface area contributed by atoms with Crippen LogP contribution in [0.4, 0.5) is 0 Å². The molecule has 2 aliphatic carbocycles. The number of carbonyl (C=O) groups excluding carboxylic acids is 1. The van der Waals surface area contributed by atoms with Crippen molar-refractivity contribution in [1.29, 1.82) is 0 Å². The lowest BCUT2D eigenvalue weighted by atomic mass is 10.0. The number of nitrogens with zero attached hydrogens (tertiary/aromatic N) is 1. The van der Waals surface area contributed by atoms with Crippen LogP contribution >= 0.6 is 11.6 Å². The summed E-state index contributed by atoms with van der Waals surface area (Å²) >= 11 is 6.68. The number of nitrogens with one attached hydrogen (secondary N) is 1. The van der Waals surface area contributed by atoms with Gasteiger partial charge in [-0.1, -0.05) is 41.9 Å². The molecule has 2 aromatic carbocycles. The second-order valence-corrected chi connectivity index (χ2v) is 10.7. The number of hydrogen-bond acceptors (Lipinski definition) is 3. The Hall–Kier alpha value is -2.34. The molecule has 34 heavy (non-hydrogen) atoms. The van der Waals surface area contributed by atoms with E-state index in [1.54, 1.807) is 0 Å². The van der Waals surface area contributed by atoms with Gasteiger partial charge in [-0.05, 0) is 66.8 Å². The summed E-state index contributed by atoms with van der Waals surface area (Å²) in [7, 11) is 0. The van der Waals surface area contributed by atoms with Crippen LogP contribution < -0.4 is 5.32 Å². The monoisotopic (exact) mass is 478 g/mol. The highest BCUT2D eigenvalue weighted by molar-refractivity contribution is 6.35. The Morgan fingerprint density at radius 2 is 1.88 bits per heavy atom. The van der Waals surface area contributed by atoms with Gasteiger partial charge in [-0.15, -0.1) is 0 Å². The molecule has 3 fully saturated rings. The molecule has 2 heterocycles. The first-order chi connectivity index (χ1) is 16.5. The maximum absolute atomic E-state index is 12.1. The Kier molecular flexibility index (Phi) is 5.88. The van der Waals surface area contributed by atoms with Gasteiger partial charge in [0.2, 0.25) is 5.91 Å². The van der Waals surface area contributed by atoms with Crippen LogP contribution in [0.25, 0.3) is 10.9 Å². The van der Waals surface area contributed by atoms with E-state index in [4.69, 9.17) is 16.3 Å². The molecule has 0 unspecified atom stereocenters. The lowest BCUT2D eigenvalue weighted by molar-refractivity contribution is -0.134. The molecule has 3 atom stereocenters. The minimum atomic E-state index is -0.475. The van der Waals surface area contributed by atoms with Gasteiger partial charge in [-0.3, -0.25) is 4.79 Å². The highest BCUT2D eigenvalue weighted by atomic mass is 35.5. The minimum Gasteiger partial charge on any atom is -0.393 e. The van der Waals surface area contributed by atoms with Crippen molar-refractivity contribution >= 4 is 28.4 Å². The smallest absolute Gasteiger partial charge is 0.223 e. The van der Waals surface area contributed by atoms with Crippen molar-refractivity contribution in [2.75, 3.05) is 6.54 Å². The summed E-state index contributed by atoms with van der Waals surface area (Å²) < 4.78 is 8.52. The third-order valence-corrected chi connectivity index (χ3v) is 7.74. The summed E-state index contributed by atoms with van der Waals surface area (Å²) in [6.07, 6.45) is 7.53. The molecule has 3 aliphatic rings. The Morgan fingerprint density at radius 3 is 2.62 bits per heavy atom. The maximum Gasteiger partial charge on any atom is 0.223 e. The van der Waals surface area contributed by atoms with E-state index in [1.165, 1.54) is 24.0 Å². The topological polar surface area (TPSA) is 63.5 Å². The van der Waals surface area contributed by atoms with Crippen LogP contribution in [0, 0.1) is 5.92 Å². The molecule has 0 spiro atoms. The first-order valence-electron chi connectivity index (χ1n) is 12.5. The van der Waals surface area contributed by atoms with Crippen molar-refractivity contribution in [3.05, 3.63) is 70.4 Å². The van der Waals surface area contributed by atoms with E-state index in [9.17, 15) is 9.90 Å². The van der Waals surface area contributed by atoms with E-state index in [0.717, 1.165) is 46.7 Å². The van der Waals surface area contributed by atoms with Gasteiger partial charge in [-0.25, -0.2) is 0 Å². The zero-order valence-corrected chi connectivity index (χ0v) is 20.0. The summed E-state index contributed by atoms with van der Waals surface area (Å²) in [5, 5.41) is 15.4. The third-order valence-electron chi connectivity index (χ3n) is 7.43. The standard InChI is InChI=1S/C28H31ClN2O3/c29-24-2-1-3-25-27(24)21(12-17-4-6-18(7-5-17)19-8-9-19)16-31(25)26-14-22(32)13-23(34-26)15-30-28(33)20-10-11-20/h1-7,16,19-20,22-23,26,32H,8-15H2,(H,30,33)/t22-,23-,26+/m0/s1. The molecule has 178 valence electrons. The van der Waals surface area contributed by atoms with E-state index >= 15 is 0 Å². The molecule has 0 radical (unpaired) electrons. The molecule has 5 nitrogen and oxygen atoms in total. The third kappa shape index (κ3) is 4.61. The van der Waals surface area contributed by atoms with Crippen LogP contribution in [0.5, 0.6) is 0 Å². The summed E-state index contributed by atoms with van der Waals surface area (Å²) in [6, 6.07) is 14.9. The van der Waals surface area contributed by atoms with E-state index in [0.29, 0.717) is 19.4 Å². The number of benzene rings is 2. The zero-order valence-electron chi connectivity index (χ0n) is 19.3. The lowest BCUT2D eigenvalue weighted by Crippen LogP contribution is -2.41. The van der Waals surface area contributed by atoms with E-state index in [2.05, 4.69) is 46.4 Å². The molecule has 2 saturated carbocycles. The molecule has 1 aliphatic heterocycles. The number of aliphatic hydroxyl groups is 1. The van der Waals surface area contributed by atoms with Crippen LogP contribution in [0.2, 0.25) is 5.02 Å². The van der Waals surface area contributed by atoms with Crippen LogP contribution in [0.3, 0.4) is 0 Å². The lowest BCUT2D eigenvalue weighted by Gasteiger charge is -2.34. The molecule has 6 rings (SSSR count). The fourth-order valence-corrected chi connectivity index (χ4v) is 5.54. The molecule has 2 N–H and O–H groups in total. The first kappa shape index (κ1) is 22.1. The molecular formula is C28H31ClN2O3. The number of rotatable bonds is 7. The predicted octanol–water partition coefficient (Wildman–Crippen LogP) is 5.33. The first-order valence-corrected chi connectivity index (χ1v) is 12.9. The van der Waals surface area contributed by atoms with Crippen LogP contribution in [0.15, 0.2) is 48.7 Å². The molecule has 6 heteroatoms. The number of halogens is 1. The van der Waals surface area contributed by atoms with Crippen LogP contribution in [-0.2, 0) is 16.0 Å². The van der Waals surface area contributed by atoms with Gasteiger partial charge < -0.3 is 19.7 Å². The number of aromatic nitrogens is 1. The van der Waals surface area contributed by atoms with Gasteiger partial charge in [0.05, 0.1) is 22.7 Å². The quantitative estimate of drug-likeness (QED) is 0.482. The molecule has 1 aromatic heterocycles. The highest BCUT2D eigenvalue weighted by Gasteiger charge is 2.33. The Balaban J connectivity index is 1.25. The van der Waals surface area contributed by atoms with Gasteiger partial charge in [0.1, 0.15) is 6.23 Å². The molecule has 3 aromatic rings. The van der Waals surface area contributed by atoms with Gasteiger partial charge in [0, 0.05) is 36.9 Å². The number of fused-ring (bicyclic) bond motifs is 1. The second-order valence-electron chi connectivity index (χ2n) is 10.2. The van der Waals surface area contributed by atoms with Crippen molar-refractivity contribution in [3.63, 3.8) is 0 Å². The number of aliphatic hydroxyl groups excluding tert-OH is 1. The molecule has 1 amide bonds. The van der Waals surface area contributed by atoms with E-state index in [-0.39, 0.29) is 24.2 Å². The van der Waals surface area contributed by atoms with Gasteiger partial charge in [0.15, 0.2) is 0 Å². The van der Waals surface area contributed by atoms with Crippen molar-refractivity contribution in [3.8, 4) is 0 Å². The summed E-state index contributed by atoms with van der Waals surface area (Å²) in [5.74, 6) is 1.02. The number of hydrogen-bond donors (Lipinski definition) is 2. The summed E-state index contributed by atoms with van der Waals surface area (Å²) in [5.41, 5.74) is 4.86. The average Bonchev–Trinajstić information content (AvgIpc) is 3.75. The van der Waals surface area contributed by atoms with Crippen molar-refractivity contribution in [1.82, 2.24) is 9.88 Å².